The number of nitrogens with two attached hydrogens (primary N) is 1. The number of hydrogen-bond acceptors (Lipinski definition) is 3. The molecule has 0 aliphatic heterocycles. The van der Waals surface area contributed by atoms with Crippen LogP contribution in [0.1, 0.15) is 18.5 Å². The average molecular weight is 226 g/mol. The summed E-state index contributed by atoms with van der Waals surface area (Å²) in [6.07, 6.45) is 4.30. The molecule has 0 aromatic carbocycles. The lowest BCUT2D eigenvalue weighted by atomic mass is 10.2. The van der Waals surface area contributed by atoms with Crippen LogP contribution in [0, 0.1) is 12.8 Å². The highest BCUT2D eigenvalue weighted by molar-refractivity contribution is 6.33. The van der Waals surface area contributed by atoms with Gasteiger partial charge in [-0.25, -0.2) is 0 Å². The van der Waals surface area contributed by atoms with Gasteiger partial charge in [-0.15, -0.1) is 0 Å². The van der Waals surface area contributed by atoms with Crippen molar-refractivity contribution in [3.05, 3.63) is 23.0 Å². The van der Waals surface area contributed by atoms with Crippen molar-refractivity contribution < 1.29 is 0 Å². The first kappa shape index (κ1) is 10.7. The maximum atomic E-state index is 6.11. The minimum absolute atomic E-state index is 0.245. The Morgan fingerprint density at radius 2 is 2.40 bits per heavy atom. The Morgan fingerprint density at radius 3 is 3.07 bits per heavy atom. The average Bonchev–Trinajstić information content (AvgIpc) is 3.03. The molecular formula is C11H16ClN3. The fourth-order valence-corrected chi connectivity index (χ4v) is 1.78. The number of halogens is 1. The number of anilines is 1. The SMILES string of the molecule is Cc1nccc(NCC(N)C2CC2)c1Cl. The van der Waals surface area contributed by atoms with E-state index in [1.54, 1.807) is 6.20 Å². The molecule has 4 heteroatoms. The lowest BCUT2D eigenvalue weighted by molar-refractivity contribution is 0.621. The molecule has 2 rings (SSSR count). The second-order valence-corrected chi connectivity index (χ2v) is 4.52. The zero-order valence-electron chi connectivity index (χ0n) is 8.83. The molecule has 1 saturated carbocycles. The third kappa shape index (κ3) is 2.61. The van der Waals surface area contributed by atoms with Gasteiger partial charge in [0.1, 0.15) is 0 Å². The zero-order chi connectivity index (χ0) is 10.8. The highest BCUT2D eigenvalue weighted by Gasteiger charge is 2.28. The number of nitrogens with zero attached hydrogens (tertiary/aromatic N) is 1. The summed E-state index contributed by atoms with van der Waals surface area (Å²) in [6, 6.07) is 2.13. The molecule has 3 N–H and O–H groups in total. The van der Waals surface area contributed by atoms with Crippen LogP contribution in [0.4, 0.5) is 5.69 Å². The van der Waals surface area contributed by atoms with Gasteiger partial charge >= 0.3 is 0 Å². The smallest absolute Gasteiger partial charge is 0.0849 e. The Labute approximate surface area is 95.0 Å². The van der Waals surface area contributed by atoms with Crippen molar-refractivity contribution >= 4 is 17.3 Å². The van der Waals surface area contributed by atoms with Crippen molar-refractivity contribution in [2.75, 3.05) is 11.9 Å². The molecule has 1 aromatic heterocycles. The normalized spacial score (nSPS) is 17.5. The van der Waals surface area contributed by atoms with Crippen LogP contribution in [0.3, 0.4) is 0 Å². The van der Waals surface area contributed by atoms with Crippen molar-refractivity contribution in [3.63, 3.8) is 0 Å². The van der Waals surface area contributed by atoms with Crippen molar-refractivity contribution in [2.24, 2.45) is 11.7 Å². The van der Waals surface area contributed by atoms with Gasteiger partial charge in [0, 0.05) is 18.8 Å². The van der Waals surface area contributed by atoms with Crippen molar-refractivity contribution in [1.29, 1.82) is 0 Å². The minimum Gasteiger partial charge on any atom is -0.382 e. The number of nitrogens with one attached hydrogen (secondary N) is 1. The van der Waals surface area contributed by atoms with Gasteiger partial charge in [0.25, 0.3) is 0 Å². The highest BCUT2D eigenvalue weighted by Crippen LogP contribution is 2.32. The number of aromatic nitrogens is 1. The predicted molar refractivity (Wildman–Crippen MR) is 63.2 cm³/mol. The molecule has 1 heterocycles. The molecule has 15 heavy (non-hydrogen) atoms. The van der Waals surface area contributed by atoms with E-state index in [2.05, 4.69) is 10.3 Å². The maximum Gasteiger partial charge on any atom is 0.0849 e. The summed E-state index contributed by atoms with van der Waals surface area (Å²) in [5.74, 6) is 0.708. The van der Waals surface area contributed by atoms with E-state index >= 15 is 0 Å². The molecule has 0 spiro atoms. The Kier molecular flexibility index (Phi) is 3.12. The molecule has 82 valence electrons. The van der Waals surface area contributed by atoms with E-state index < -0.39 is 0 Å². The summed E-state index contributed by atoms with van der Waals surface area (Å²) in [5, 5.41) is 3.97. The monoisotopic (exact) mass is 225 g/mol. The first-order valence-electron chi connectivity index (χ1n) is 5.29. The second-order valence-electron chi connectivity index (χ2n) is 4.14. The fraction of sp³-hybridized carbons (Fsp3) is 0.545. The Bertz CT molecular complexity index is 350. The number of aryl methyl sites for hydroxylation is 1. The van der Waals surface area contributed by atoms with Gasteiger partial charge in [-0.05, 0) is 31.7 Å². The first-order chi connectivity index (χ1) is 7.18. The summed E-state index contributed by atoms with van der Waals surface area (Å²) >= 11 is 6.11. The molecule has 0 radical (unpaired) electrons. The summed E-state index contributed by atoms with van der Waals surface area (Å²) < 4.78 is 0. The van der Waals surface area contributed by atoms with E-state index in [1.165, 1.54) is 12.8 Å². The number of rotatable bonds is 4. The molecule has 1 aromatic rings. The van der Waals surface area contributed by atoms with Gasteiger partial charge in [0.05, 0.1) is 16.4 Å². The highest BCUT2D eigenvalue weighted by atomic mass is 35.5. The molecule has 1 fully saturated rings. The van der Waals surface area contributed by atoms with E-state index in [-0.39, 0.29) is 6.04 Å². The summed E-state index contributed by atoms with van der Waals surface area (Å²) in [7, 11) is 0. The van der Waals surface area contributed by atoms with Crippen LogP contribution in [0.2, 0.25) is 5.02 Å². The van der Waals surface area contributed by atoms with Crippen LogP contribution in [0.5, 0.6) is 0 Å². The third-order valence-corrected chi connectivity index (χ3v) is 3.30. The lowest BCUT2D eigenvalue weighted by Gasteiger charge is -2.14. The summed E-state index contributed by atoms with van der Waals surface area (Å²) in [5.41, 5.74) is 7.77. The molecule has 1 atom stereocenters. The molecule has 3 nitrogen and oxygen atoms in total. The standard InChI is InChI=1S/C11H16ClN3/c1-7-11(12)10(4-5-14-7)15-6-9(13)8-2-3-8/h4-5,8-9H,2-3,6,13H2,1H3,(H,14,15). The van der Waals surface area contributed by atoms with Crippen LogP contribution < -0.4 is 11.1 Å². The molecule has 1 aliphatic carbocycles. The zero-order valence-corrected chi connectivity index (χ0v) is 9.59. The third-order valence-electron chi connectivity index (χ3n) is 2.82. The largest absolute Gasteiger partial charge is 0.382 e. The number of pyridine rings is 1. The van der Waals surface area contributed by atoms with Crippen LogP contribution in [-0.4, -0.2) is 17.6 Å². The van der Waals surface area contributed by atoms with Crippen molar-refractivity contribution in [2.45, 2.75) is 25.8 Å². The van der Waals surface area contributed by atoms with E-state index in [0.717, 1.165) is 17.9 Å². The van der Waals surface area contributed by atoms with E-state index in [9.17, 15) is 0 Å². The van der Waals surface area contributed by atoms with E-state index in [4.69, 9.17) is 17.3 Å². The maximum absolute atomic E-state index is 6.11. The van der Waals surface area contributed by atoms with Crippen LogP contribution in [-0.2, 0) is 0 Å². The van der Waals surface area contributed by atoms with Crippen molar-refractivity contribution in [3.8, 4) is 0 Å². The van der Waals surface area contributed by atoms with Gasteiger partial charge in [0.2, 0.25) is 0 Å². The van der Waals surface area contributed by atoms with Gasteiger partial charge in [-0.1, -0.05) is 11.6 Å². The first-order valence-corrected chi connectivity index (χ1v) is 5.67. The Balaban J connectivity index is 1.95. The quantitative estimate of drug-likeness (QED) is 0.826. The topological polar surface area (TPSA) is 50.9 Å². The molecule has 1 aliphatic rings. The van der Waals surface area contributed by atoms with Crippen LogP contribution in [0.25, 0.3) is 0 Å². The molecule has 0 saturated heterocycles. The summed E-state index contributed by atoms with van der Waals surface area (Å²) in [4.78, 5) is 4.11. The van der Waals surface area contributed by atoms with Crippen LogP contribution >= 0.6 is 11.6 Å². The minimum atomic E-state index is 0.245. The fourth-order valence-electron chi connectivity index (χ4n) is 1.60. The Morgan fingerprint density at radius 1 is 1.67 bits per heavy atom. The molecular weight excluding hydrogens is 210 g/mol. The summed E-state index contributed by atoms with van der Waals surface area (Å²) in [6.45, 7) is 2.68. The van der Waals surface area contributed by atoms with Gasteiger partial charge in [-0.2, -0.15) is 0 Å². The molecule has 1 unspecified atom stereocenters. The van der Waals surface area contributed by atoms with Gasteiger partial charge in [-0.3, -0.25) is 4.98 Å². The molecule has 0 bridgehead atoms. The predicted octanol–water partition coefficient (Wildman–Crippen LogP) is 2.19. The van der Waals surface area contributed by atoms with Gasteiger partial charge < -0.3 is 11.1 Å². The second kappa shape index (κ2) is 4.37. The van der Waals surface area contributed by atoms with Crippen LogP contribution in [0.15, 0.2) is 12.3 Å². The van der Waals surface area contributed by atoms with E-state index in [0.29, 0.717) is 10.9 Å². The number of hydrogen-bond donors (Lipinski definition) is 2. The van der Waals surface area contributed by atoms with Crippen molar-refractivity contribution in [1.82, 2.24) is 4.98 Å². The van der Waals surface area contributed by atoms with Gasteiger partial charge in [0.15, 0.2) is 0 Å². The lowest BCUT2D eigenvalue weighted by Crippen LogP contribution is -2.31. The molecule has 0 amide bonds. The Hall–Kier alpha value is -0.800. The van der Waals surface area contributed by atoms with E-state index in [1.807, 2.05) is 13.0 Å².